The van der Waals surface area contributed by atoms with E-state index in [1.807, 2.05) is 27.8 Å². The average Bonchev–Trinajstić information content (AvgIpc) is 3.30. The Labute approximate surface area is 198 Å². The minimum absolute atomic E-state index is 0.355. The zero-order valence-corrected chi connectivity index (χ0v) is 19.4. The molecule has 1 fully saturated rings. The van der Waals surface area contributed by atoms with Crippen LogP contribution in [0.1, 0.15) is 19.3 Å². The molecule has 0 bridgehead atoms. The molecule has 1 aromatic carbocycles. The second-order valence-electron chi connectivity index (χ2n) is 8.90. The normalized spacial score (nSPS) is 20.5. The van der Waals surface area contributed by atoms with E-state index in [-0.39, 0.29) is 6.04 Å². The van der Waals surface area contributed by atoms with Gasteiger partial charge in [0.2, 0.25) is 0 Å². The number of nitriles is 1. The molecule has 11 nitrogen and oxygen atoms in total. The third-order valence-corrected chi connectivity index (χ3v) is 5.79. The number of nitrogens with zero attached hydrogens (tertiary/aromatic N) is 8. The Kier molecular flexibility index (Phi) is 6.14. The summed E-state index contributed by atoms with van der Waals surface area (Å²) < 4.78 is 1.89. The lowest BCUT2D eigenvalue weighted by Crippen LogP contribution is -2.52. The van der Waals surface area contributed by atoms with Crippen molar-refractivity contribution in [2.24, 2.45) is 9.98 Å². The molecular weight excluding hydrogens is 430 g/mol. The molecule has 0 radical (unpaired) electrons. The van der Waals surface area contributed by atoms with E-state index in [0.29, 0.717) is 12.6 Å². The quantitative estimate of drug-likeness (QED) is 0.484. The van der Waals surface area contributed by atoms with Crippen LogP contribution in [0.2, 0.25) is 0 Å². The number of anilines is 2. The number of nitrogens with one attached hydrogen (secondary N) is 3. The predicted octanol–water partition coefficient (Wildman–Crippen LogP) is 1.61. The lowest BCUT2D eigenvalue weighted by atomic mass is 10.2. The minimum Gasteiger partial charge on any atom is -0.383 e. The van der Waals surface area contributed by atoms with E-state index >= 15 is 0 Å². The van der Waals surface area contributed by atoms with Gasteiger partial charge in [-0.15, -0.1) is 10.2 Å². The fraction of sp³-hybridized carbons (Fsp3) is 0.435. The monoisotopic (exact) mass is 459 g/mol. The highest BCUT2D eigenvalue weighted by atomic mass is 15.6. The van der Waals surface area contributed by atoms with Crippen molar-refractivity contribution in [2.75, 3.05) is 44.4 Å². The van der Waals surface area contributed by atoms with Crippen molar-refractivity contribution in [3.63, 3.8) is 0 Å². The number of amidine groups is 1. The van der Waals surface area contributed by atoms with Gasteiger partial charge in [-0.1, -0.05) is 0 Å². The molecule has 2 aromatic rings. The van der Waals surface area contributed by atoms with Crippen molar-refractivity contribution in [1.82, 2.24) is 30.1 Å². The maximum atomic E-state index is 9.54. The van der Waals surface area contributed by atoms with Gasteiger partial charge in [-0.2, -0.15) is 5.26 Å². The van der Waals surface area contributed by atoms with E-state index < -0.39 is 0 Å². The summed E-state index contributed by atoms with van der Waals surface area (Å²) >= 11 is 0. The summed E-state index contributed by atoms with van der Waals surface area (Å²) in [5.74, 6) is 1.49. The maximum absolute atomic E-state index is 9.54. The zero-order chi connectivity index (χ0) is 23.5. The molecule has 1 unspecified atom stereocenters. The molecule has 0 spiro atoms. The van der Waals surface area contributed by atoms with Crippen LogP contribution in [-0.4, -0.2) is 82.0 Å². The Morgan fingerprint density at radius 2 is 2.09 bits per heavy atom. The van der Waals surface area contributed by atoms with Gasteiger partial charge in [0.05, 0.1) is 30.0 Å². The van der Waals surface area contributed by atoms with Crippen LogP contribution in [0.5, 0.6) is 0 Å². The van der Waals surface area contributed by atoms with Gasteiger partial charge in [0.1, 0.15) is 24.2 Å². The highest BCUT2D eigenvalue weighted by Crippen LogP contribution is 2.28. The Morgan fingerprint density at radius 1 is 1.26 bits per heavy atom. The van der Waals surface area contributed by atoms with Gasteiger partial charge in [0.25, 0.3) is 0 Å². The molecule has 3 aliphatic rings. The first-order valence-electron chi connectivity index (χ1n) is 11.6. The van der Waals surface area contributed by atoms with Crippen LogP contribution in [0.3, 0.4) is 0 Å². The van der Waals surface area contributed by atoms with E-state index in [1.165, 1.54) is 0 Å². The van der Waals surface area contributed by atoms with Crippen molar-refractivity contribution >= 4 is 22.9 Å². The first kappa shape index (κ1) is 21.9. The minimum atomic E-state index is -0.355. The van der Waals surface area contributed by atoms with Crippen LogP contribution in [0.15, 0.2) is 52.7 Å². The van der Waals surface area contributed by atoms with E-state index in [1.54, 1.807) is 12.7 Å². The predicted molar refractivity (Wildman–Crippen MR) is 132 cm³/mol. The lowest BCUT2D eigenvalue weighted by Gasteiger charge is -2.31. The molecule has 11 heteroatoms. The van der Waals surface area contributed by atoms with Gasteiger partial charge in [-0.3, -0.25) is 20.0 Å². The lowest BCUT2D eigenvalue weighted by molar-refractivity contribution is 0.328. The summed E-state index contributed by atoms with van der Waals surface area (Å²) in [6, 6.07) is 8.44. The van der Waals surface area contributed by atoms with Crippen molar-refractivity contribution in [3.8, 4) is 11.8 Å². The summed E-state index contributed by atoms with van der Waals surface area (Å²) in [4.78, 5) is 11.5. The van der Waals surface area contributed by atoms with Gasteiger partial charge in [0, 0.05) is 18.3 Å². The topological polar surface area (TPSA) is 122 Å². The van der Waals surface area contributed by atoms with E-state index in [2.05, 4.69) is 62.4 Å². The highest BCUT2D eigenvalue weighted by molar-refractivity contribution is 6.46. The Morgan fingerprint density at radius 3 is 2.82 bits per heavy atom. The average molecular weight is 460 g/mol. The Hall–Kier alpha value is -3.91. The summed E-state index contributed by atoms with van der Waals surface area (Å²) in [5, 5.41) is 26.3. The number of hydrogen-bond donors (Lipinski definition) is 3. The second-order valence-corrected chi connectivity index (χ2v) is 8.90. The Bertz CT molecular complexity index is 1150. The molecule has 3 N–H and O–H groups in total. The van der Waals surface area contributed by atoms with Crippen LogP contribution >= 0.6 is 0 Å². The van der Waals surface area contributed by atoms with Crippen molar-refractivity contribution < 1.29 is 0 Å². The molecule has 0 saturated heterocycles. The van der Waals surface area contributed by atoms with Crippen LogP contribution < -0.4 is 16.1 Å². The number of hydrogen-bond acceptors (Lipinski definition) is 10. The summed E-state index contributed by atoms with van der Waals surface area (Å²) in [6.07, 6.45) is 8.59. The largest absolute Gasteiger partial charge is 0.383 e. The third kappa shape index (κ3) is 4.87. The van der Waals surface area contributed by atoms with Gasteiger partial charge in [-0.25, -0.2) is 5.01 Å². The van der Waals surface area contributed by atoms with Crippen LogP contribution in [0, 0.1) is 11.3 Å². The number of aliphatic imine (C=N–C) groups is 2. The van der Waals surface area contributed by atoms with E-state index in [0.717, 1.165) is 66.8 Å². The maximum Gasteiger partial charge on any atom is 0.169 e. The Balaban J connectivity index is 1.38. The zero-order valence-electron chi connectivity index (χ0n) is 19.4. The molecule has 5 rings (SSSR count). The van der Waals surface area contributed by atoms with E-state index in [4.69, 9.17) is 4.99 Å². The molecule has 1 saturated carbocycles. The number of aromatic nitrogens is 3. The number of hydrazine groups is 1. The fourth-order valence-electron chi connectivity index (χ4n) is 3.91. The summed E-state index contributed by atoms with van der Waals surface area (Å²) in [7, 11) is 4.15. The molecular formula is C23H29N11. The molecule has 1 atom stereocenters. The molecule has 3 heterocycles. The molecule has 2 aliphatic heterocycles. The smallest absolute Gasteiger partial charge is 0.169 e. The van der Waals surface area contributed by atoms with Crippen LogP contribution in [0.4, 0.5) is 11.4 Å². The first-order valence-corrected chi connectivity index (χ1v) is 11.6. The molecule has 0 amide bonds. The molecule has 176 valence electrons. The van der Waals surface area contributed by atoms with E-state index in [9.17, 15) is 5.26 Å². The van der Waals surface area contributed by atoms with Crippen molar-refractivity contribution in [1.29, 1.82) is 5.26 Å². The first-order chi connectivity index (χ1) is 16.6. The van der Waals surface area contributed by atoms with Gasteiger partial charge < -0.3 is 15.5 Å². The molecule has 1 aromatic heterocycles. The number of fused-ring (bicyclic) bond motifs is 1. The van der Waals surface area contributed by atoms with Crippen molar-refractivity contribution in [3.05, 3.63) is 42.8 Å². The molecule has 34 heavy (non-hydrogen) atoms. The van der Waals surface area contributed by atoms with Crippen molar-refractivity contribution in [2.45, 2.75) is 31.3 Å². The SMILES string of the molecule is CN(C)CCCNc1ccc(NC2=CC(=NC3CC3)C3=NCC(C#N)N3N2)cc1-n1cnnc1. The number of rotatable bonds is 9. The molecule has 1 aliphatic carbocycles. The number of benzene rings is 1. The van der Waals surface area contributed by atoms with Gasteiger partial charge in [0.15, 0.2) is 11.9 Å². The summed E-state index contributed by atoms with van der Waals surface area (Å²) in [5.41, 5.74) is 6.97. The van der Waals surface area contributed by atoms with Gasteiger partial charge in [-0.05, 0) is 58.1 Å². The fourth-order valence-corrected chi connectivity index (χ4v) is 3.91. The standard InChI is InChI=1S/C23H29N11/c1-32(2)9-3-8-25-19-7-6-17(10-21(19)33-14-27-28-15-33)30-22-11-20(29-16-4-5-16)23-26-13-18(12-24)34(23)31-22/h6-7,10-11,14-16,18,25,30-31H,3-5,8-9,13H2,1-2H3. The highest BCUT2D eigenvalue weighted by Gasteiger charge is 2.35. The van der Waals surface area contributed by atoms with Crippen LogP contribution in [0.25, 0.3) is 5.69 Å². The summed E-state index contributed by atoms with van der Waals surface area (Å²) in [6.45, 7) is 2.32. The van der Waals surface area contributed by atoms with Crippen LogP contribution in [-0.2, 0) is 0 Å². The van der Waals surface area contributed by atoms with Gasteiger partial charge >= 0.3 is 0 Å². The third-order valence-electron chi connectivity index (χ3n) is 5.79. The second kappa shape index (κ2) is 9.52.